The highest BCUT2D eigenvalue weighted by atomic mass is 35.5. The maximum atomic E-state index is 13.4. The summed E-state index contributed by atoms with van der Waals surface area (Å²) in [6.45, 7) is 2.29. The fourth-order valence-corrected chi connectivity index (χ4v) is 5.98. The molecule has 1 atom stereocenters. The van der Waals surface area contributed by atoms with E-state index in [1.54, 1.807) is 0 Å². The minimum absolute atomic E-state index is 0.0458. The molecule has 0 aromatic heterocycles. The minimum Gasteiger partial charge on any atom is -0.482 e. The number of carbonyl (C=O) groups excluding carboxylic acids is 2. The standard InChI is InChI=1S/C21H22ClN3O5S/c1-13-5-2-3-6-14(13)11-23-21(27)17-7-4-8-25(17)31(28,29)19-10-18-16(9-15(19)22)24-20(26)12-30-18/h2-3,5-6,9-10,17H,4,7-8,11-12H2,1H3,(H,23,27)(H,24,26). The second kappa shape index (κ2) is 8.49. The minimum atomic E-state index is -4.05. The lowest BCUT2D eigenvalue weighted by Crippen LogP contribution is -2.45. The summed E-state index contributed by atoms with van der Waals surface area (Å²) >= 11 is 6.24. The highest BCUT2D eigenvalue weighted by molar-refractivity contribution is 7.89. The first kappa shape index (κ1) is 21.6. The zero-order chi connectivity index (χ0) is 22.2. The third-order valence-electron chi connectivity index (χ3n) is 5.47. The van der Waals surface area contributed by atoms with Gasteiger partial charge in [0.15, 0.2) is 6.61 Å². The van der Waals surface area contributed by atoms with Crippen molar-refractivity contribution >= 4 is 39.1 Å². The number of nitrogens with one attached hydrogen (secondary N) is 2. The van der Waals surface area contributed by atoms with E-state index in [2.05, 4.69) is 10.6 Å². The zero-order valence-electron chi connectivity index (χ0n) is 16.9. The van der Waals surface area contributed by atoms with Crippen molar-refractivity contribution in [2.75, 3.05) is 18.5 Å². The van der Waals surface area contributed by atoms with Gasteiger partial charge in [-0.2, -0.15) is 4.31 Å². The van der Waals surface area contributed by atoms with E-state index in [-0.39, 0.29) is 40.6 Å². The Morgan fingerprint density at radius 2 is 2.10 bits per heavy atom. The SMILES string of the molecule is Cc1ccccc1CNC(=O)C1CCCN1S(=O)(=O)c1cc2c(cc1Cl)NC(=O)CO2. The number of ether oxygens (including phenoxy) is 1. The van der Waals surface area contributed by atoms with Gasteiger partial charge in [-0.3, -0.25) is 9.59 Å². The molecule has 2 aromatic carbocycles. The lowest BCUT2D eigenvalue weighted by atomic mass is 10.1. The lowest BCUT2D eigenvalue weighted by molar-refractivity contribution is -0.124. The smallest absolute Gasteiger partial charge is 0.262 e. The number of hydrogen-bond acceptors (Lipinski definition) is 5. The van der Waals surface area contributed by atoms with Gasteiger partial charge >= 0.3 is 0 Å². The number of nitrogens with zero attached hydrogens (tertiary/aromatic N) is 1. The molecule has 8 nitrogen and oxygen atoms in total. The van der Waals surface area contributed by atoms with E-state index < -0.39 is 16.1 Å². The van der Waals surface area contributed by atoms with Crippen LogP contribution in [0.25, 0.3) is 0 Å². The summed E-state index contributed by atoms with van der Waals surface area (Å²) in [7, 11) is -4.05. The molecule has 2 aliphatic heterocycles. The van der Waals surface area contributed by atoms with Gasteiger partial charge in [0.25, 0.3) is 5.91 Å². The number of fused-ring (bicyclic) bond motifs is 1. The summed E-state index contributed by atoms with van der Waals surface area (Å²) in [5, 5.41) is 5.40. The molecule has 1 fully saturated rings. The Balaban J connectivity index is 1.56. The van der Waals surface area contributed by atoms with Crippen molar-refractivity contribution in [3.63, 3.8) is 0 Å². The number of halogens is 1. The lowest BCUT2D eigenvalue weighted by Gasteiger charge is -2.25. The highest BCUT2D eigenvalue weighted by Gasteiger charge is 2.40. The first-order valence-corrected chi connectivity index (χ1v) is 11.7. The van der Waals surface area contributed by atoms with Crippen LogP contribution in [-0.2, 0) is 26.2 Å². The van der Waals surface area contributed by atoms with Crippen LogP contribution >= 0.6 is 11.6 Å². The topological polar surface area (TPSA) is 105 Å². The van der Waals surface area contributed by atoms with Gasteiger partial charge in [-0.05, 0) is 37.0 Å². The molecule has 31 heavy (non-hydrogen) atoms. The molecule has 1 saturated heterocycles. The number of aryl methyl sites for hydroxylation is 1. The molecule has 0 saturated carbocycles. The first-order chi connectivity index (χ1) is 14.8. The molecule has 0 aliphatic carbocycles. The van der Waals surface area contributed by atoms with E-state index >= 15 is 0 Å². The van der Waals surface area contributed by atoms with Crippen molar-refractivity contribution in [3.05, 3.63) is 52.5 Å². The molecule has 2 amide bonds. The van der Waals surface area contributed by atoms with E-state index in [1.165, 1.54) is 16.4 Å². The number of rotatable bonds is 5. The van der Waals surface area contributed by atoms with Crippen LogP contribution in [0, 0.1) is 6.92 Å². The summed E-state index contributed by atoms with van der Waals surface area (Å²) in [5.41, 5.74) is 2.33. The van der Waals surface area contributed by atoms with Gasteiger partial charge in [-0.15, -0.1) is 0 Å². The Kier molecular flexibility index (Phi) is 5.92. The van der Waals surface area contributed by atoms with Crippen LogP contribution in [0.4, 0.5) is 5.69 Å². The van der Waals surface area contributed by atoms with Gasteiger partial charge in [0.05, 0.1) is 10.7 Å². The maximum Gasteiger partial charge on any atom is 0.262 e. The molecule has 0 spiro atoms. The van der Waals surface area contributed by atoms with E-state index in [9.17, 15) is 18.0 Å². The Labute approximate surface area is 185 Å². The van der Waals surface area contributed by atoms with Crippen LogP contribution in [-0.4, -0.2) is 43.7 Å². The molecule has 2 aliphatic rings. The summed E-state index contributed by atoms with van der Waals surface area (Å²) in [5.74, 6) is -0.464. The van der Waals surface area contributed by atoms with Crippen LogP contribution in [0.5, 0.6) is 5.75 Å². The van der Waals surface area contributed by atoms with Gasteiger partial charge in [-0.25, -0.2) is 8.42 Å². The summed E-state index contributed by atoms with van der Waals surface area (Å²) in [4.78, 5) is 24.2. The van der Waals surface area contributed by atoms with E-state index in [4.69, 9.17) is 16.3 Å². The Bertz CT molecular complexity index is 1150. The van der Waals surface area contributed by atoms with Crippen molar-refractivity contribution in [2.45, 2.75) is 37.2 Å². The van der Waals surface area contributed by atoms with Crippen LogP contribution in [0.3, 0.4) is 0 Å². The Morgan fingerprint density at radius 3 is 2.87 bits per heavy atom. The van der Waals surface area contributed by atoms with Crippen LogP contribution in [0.2, 0.25) is 5.02 Å². The fourth-order valence-electron chi connectivity index (χ4n) is 3.80. The molecule has 10 heteroatoms. The molecule has 0 bridgehead atoms. The summed E-state index contributed by atoms with van der Waals surface area (Å²) < 4.78 is 33.3. The largest absolute Gasteiger partial charge is 0.482 e. The summed E-state index contributed by atoms with van der Waals surface area (Å²) in [6, 6.07) is 9.52. The molecular weight excluding hydrogens is 442 g/mol. The zero-order valence-corrected chi connectivity index (χ0v) is 18.4. The number of benzene rings is 2. The number of hydrogen-bond donors (Lipinski definition) is 2. The third-order valence-corrected chi connectivity index (χ3v) is 7.85. The second-order valence-corrected chi connectivity index (χ2v) is 9.80. The fraction of sp³-hybridized carbons (Fsp3) is 0.333. The number of amides is 2. The first-order valence-electron chi connectivity index (χ1n) is 9.87. The maximum absolute atomic E-state index is 13.4. The Morgan fingerprint density at radius 1 is 1.32 bits per heavy atom. The van der Waals surface area contributed by atoms with Gasteiger partial charge in [0.2, 0.25) is 15.9 Å². The average molecular weight is 464 g/mol. The van der Waals surface area contributed by atoms with Gasteiger partial charge < -0.3 is 15.4 Å². The molecule has 2 heterocycles. The predicted molar refractivity (Wildman–Crippen MR) is 116 cm³/mol. The van der Waals surface area contributed by atoms with Crippen molar-refractivity contribution < 1.29 is 22.7 Å². The van der Waals surface area contributed by atoms with E-state index in [0.29, 0.717) is 25.1 Å². The number of carbonyl (C=O) groups is 2. The van der Waals surface area contributed by atoms with E-state index in [0.717, 1.165) is 11.1 Å². The molecular formula is C21H22ClN3O5S. The third kappa shape index (κ3) is 4.26. The molecule has 2 N–H and O–H groups in total. The molecule has 0 radical (unpaired) electrons. The molecule has 4 rings (SSSR count). The molecule has 164 valence electrons. The highest BCUT2D eigenvalue weighted by Crippen LogP contribution is 2.38. The van der Waals surface area contributed by atoms with Crippen LogP contribution < -0.4 is 15.4 Å². The van der Waals surface area contributed by atoms with Crippen LogP contribution in [0.15, 0.2) is 41.3 Å². The van der Waals surface area contributed by atoms with E-state index in [1.807, 2.05) is 31.2 Å². The molecule has 2 aromatic rings. The van der Waals surface area contributed by atoms with Crippen molar-refractivity contribution in [3.8, 4) is 5.75 Å². The van der Waals surface area contributed by atoms with Gasteiger partial charge in [0, 0.05) is 19.2 Å². The van der Waals surface area contributed by atoms with Gasteiger partial charge in [0.1, 0.15) is 16.7 Å². The second-order valence-electron chi connectivity index (χ2n) is 7.53. The normalized spacial score (nSPS) is 18.8. The van der Waals surface area contributed by atoms with Crippen molar-refractivity contribution in [1.29, 1.82) is 0 Å². The predicted octanol–water partition coefficient (Wildman–Crippen LogP) is 2.45. The number of sulfonamides is 1. The number of anilines is 1. The van der Waals surface area contributed by atoms with Crippen molar-refractivity contribution in [2.24, 2.45) is 0 Å². The quantitative estimate of drug-likeness (QED) is 0.708. The van der Waals surface area contributed by atoms with Gasteiger partial charge in [-0.1, -0.05) is 35.9 Å². The Hall–Kier alpha value is -2.62. The summed E-state index contributed by atoms with van der Waals surface area (Å²) in [6.07, 6.45) is 0.991. The van der Waals surface area contributed by atoms with Crippen LogP contribution in [0.1, 0.15) is 24.0 Å². The average Bonchev–Trinajstić information content (AvgIpc) is 3.23. The molecule has 1 unspecified atom stereocenters. The monoisotopic (exact) mass is 463 g/mol. The van der Waals surface area contributed by atoms with Crippen molar-refractivity contribution in [1.82, 2.24) is 9.62 Å².